The van der Waals surface area contributed by atoms with E-state index >= 15 is 0 Å². The highest BCUT2D eigenvalue weighted by Crippen LogP contribution is 2.37. The highest BCUT2D eigenvalue weighted by molar-refractivity contribution is 6.99. The molecule has 0 spiro atoms. The van der Waals surface area contributed by atoms with Crippen LogP contribution in [0.1, 0.15) is 20.8 Å². The molecule has 31 heavy (non-hydrogen) atoms. The van der Waals surface area contributed by atoms with Crippen LogP contribution >= 0.6 is 0 Å². The third-order valence-corrected chi connectivity index (χ3v) is 10.6. The molecule has 3 atom stereocenters. The van der Waals surface area contributed by atoms with Crippen LogP contribution in [-0.2, 0) is 13.9 Å². The van der Waals surface area contributed by atoms with E-state index in [4.69, 9.17) is 20.3 Å². The average Bonchev–Trinajstić information content (AvgIpc) is 2.79. The average molecular weight is 433 g/mol. The summed E-state index contributed by atoms with van der Waals surface area (Å²) in [7, 11) is -2.61. The van der Waals surface area contributed by atoms with E-state index < -0.39 is 14.4 Å². The molecule has 1 aliphatic rings. The highest BCUT2D eigenvalue weighted by Gasteiger charge is 2.50. The molecule has 0 radical (unpaired) electrons. The van der Waals surface area contributed by atoms with Crippen molar-refractivity contribution in [2.75, 3.05) is 13.2 Å². The summed E-state index contributed by atoms with van der Waals surface area (Å²) in [6, 6.07) is 21.2. The second kappa shape index (κ2) is 10.3. The minimum Gasteiger partial charge on any atom is -0.404 e. The fourth-order valence-electron chi connectivity index (χ4n) is 4.17. The van der Waals surface area contributed by atoms with Gasteiger partial charge in [-0.05, 0) is 15.4 Å². The Morgan fingerprint density at radius 1 is 1.03 bits per heavy atom. The van der Waals surface area contributed by atoms with Gasteiger partial charge in [-0.3, -0.25) is 0 Å². The predicted octanol–water partition coefficient (Wildman–Crippen LogP) is 4.09. The van der Waals surface area contributed by atoms with Crippen molar-refractivity contribution in [3.63, 3.8) is 0 Å². The lowest BCUT2D eigenvalue weighted by molar-refractivity contribution is -0.0608. The van der Waals surface area contributed by atoms with Gasteiger partial charge in [-0.15, -0.1) is 13.0 Å². The summed E-state index contributed by atoms with van der Waals surface area (Å²) < 4.78 is 18.8. The van der Waals surface area contributed by atoms with E-state index in [1.165, 1.54) is 10.4 Å². The van der Waals surface area contributed by atoms with Gasteiger partial charge in [-0.1, -0.05) is 106 Å². The van der Waals surface area contributed by atoms with Gasteiger partial charge in [0, 0.05) is 0 Å². The number of benzene rings is 2. The molecule has 0 unspecified atom stereocenters. The molecular weight excluding hydrogens is 400 g/mol. The Hall–Kier alpha value is -2.42. The smallest absolute Gasteiger partial charge is 0.261 e. The SMILES string of the molecule is C#C[C@H]1O[C@H](CO[Si](c2ccccc2)(c2ccccc2)C(C)(C)C)C=C[C@H]1OCC=C. The number of hydrogen-bond donors (Lipinski definition) is 0. The lowest BCUT2D eigenvalue weighted by Gasteiger charge is -2.44. The summed E-state index contributed by atoms with van der Waals surface area (Å²) in [5.41, 5.74) is 0. The van der Waals surface area contributed by atoms with Crippen LogP contribution in [0.2, 0.25) is 5.04 Å². The summed E-state index contributed by atoms with van der Waals surface area (Å²) >= 11 is 0. The van der Waals surface area contributed by atoms with Crippen LogP contribution in [0.15, 0.2) is 85.5 Å². The zero-order valence-electron chi connectivity index (χ0n) is 18.7. The molecule has 0 aliphatic carbocycles. The molecular formula is C27H32O3Si. The Morgan fingerprint density at radius 2 is 1.61 bits per heavy atom. The van der Waals surface area contributed by atoms with Crippen LogP contribution in [0, 0.1) is 12.3 Å². The summed E-state index contributed by atoms with van der Waals surface area (Å²) in [5.74, 6) is 2.71. The van der Waals surface area contributed by atoms with E-state index in [-0.39, 0.29) is 17.2 Å². The van der Waals surface area contributed by atoms with Gasteiger partial charge in [-0.25, -0.2) is 0 Å². The van der Waals surface area contributed by atoms with Crippen LogP contribution in [0.25, 0.3) is 0 Å². The van der Waals surface area contributed by atoms with Gasteiger partial charge in [0.25, 0.3) is 8.32 Å². The largest absolute Gasteiger partial charge is 0.404 e. The zero-order chi connectivity index (χ0) is 22.3. The summed E-state index contributed by atoms with van der Waals surface area (Å²) in [6.45, 7) is 11.3. The van der Waals surface area contributed by atoms with E-state index in [0.717, 1.165) is 0 Å². The molecule has 3 nitrogen and oxygen atoms in total. The predicted molar refractivity (Wildman–Crippen MR) is 130 cm³/mol. The first kappa shape index (κ1) is 23.2. The Morgan fingerprint density at radius 3 is 2.10 bits per heavy atom. The Labute approximate surface area is 187 Å². The molecule has 0 saturated carbocycles. The maximum atomic E-state index is 6.95. The Kier molecular flexibility index (Phi) is 7.69. The number of hydrogen-bond acceptors (Lipinski definition) is 3. The minimum atomic E-state index is -2.61. The lowest BCUT2D eigenvalue weighted by Crippen LogP contribution is -2.67. The maximum absolute atomic E-state index is 6.95. The lowest BCUT2D eigenvalue weighted by atomic mass is 10.1. The van der Waals surface area contributed by atoms with Crippen molar-refractivity contribution < 1.29 is 13.9 Å². The molecule has 4 heteroatoms. The molecule has 1 heterocycles. The van der Waals surface area contributed by atoms with Crippen molar-refractivity contribution in [3.8, 4) is 12.3 Å². The fraction of sp³-hybridized carbons (Fsp3) is 0.333. The minimum absolute atomic E-state index is 0.0881. The molecule has 3 rings (SSSR count). The van der Waals surface area contributed by atoms with Gasteiger partial charge in [-0.2, -0.15) is 0 Å². The molecule has 2 aromatic carbocycles. The Balaban J connectivity index is 1.92. The molecule has 0 N–H and O–H groups in total. The maximum Gasteiger partial charge on any atom is 0.261 e. The van der Waals surface area contributed by atoms with Crippen LogP contribution in [0.5, 0.6) is 0 Å². The van der Waals surface area contributed by atoms with Crippen molar-refractivity contribution in [1.82, 2.24) is 0 Å². The molecule has 2 aromatic rings. The number of terminal acetylenes is 1. The number of ether oxygens (including phenoxy) is 2. The molecule has 1 aliphatic heterocycles. The van der Waals surface area contributed by atoms with E-state index in [9.17, 15) is 0 Å². The monoisotopic (exact) mass is 432 g/mol. The van der Waals surface area contributed by atoms with E-state index in [0.29, 0.717) is 13.2 Å². The number of rotatable bonds is 8. The van der Waals surface area contributed by atoms with Crippen LogP contribution < -0.4 is 10.4 Å². The normalized spacial score (nSPS) is 21.4. The quantitative estimate of drug-likeness (QED) is 0.357. The summed E-state index contributed by atoms with van der Waals surface area (Å²) in [4.78, 5) is 0. The Bertz CT molecular complexity index is 869. The zero-order valence-corrected chi connectivity index (χ0v) is 19.7. The molecule has 0 saturated heterocycles. The first-order valence-electron chi connectivity index (χ1n) is 10.7. The fourth-order valence-corrected chi connectivity index (χ4v) is 8.73. The highest BCUT2D eigenvalue weighted by atomic mass is 28.4. The van der Waals surface area contributed by atoms with E-state index in [1.54, 1.807) is 6.08 Å². The molecule has 0 bridgehead atoms. The van der Waals surface area contributed by atoms with Crippen molar-refractivity contribution in [2.24, 2.45) is 0 Å². The van der Waals surface area contributed by atoms with Crippen molar-refractivity contribution >= 4 is 18.7 Å². The van der Waals surface area contributed by atoms with Crippen LogP contribution in [0.4, 0.5) is 0 Å². The van der Waals surface area contributed by atoms with E-state index in [1.807, 2.05) is 24.3 Å². The first-order chi connectivity index (χ1) is 14.9. The van der Waals surface area contributed by atoms with Crippen LogP contribution in [-0.4, -0.2) is 39.8 Å². The van der Waals surface area contributed by atoms with Gasteiger partial charge in [0.05, 0.1) is 19.3 Å². The van der Waals surface area contributed by atoms with Gasteiger partial charge in [0.2, 0.25) is 0 Å². The van der Waals surface area contributed by atoms with Gasteiger partial charge in [0.15, 0.2) is 0 Å². The second-order valence-electron chi connectivity index (χ2n) is 8.71. The van der Waals surface area contributed by atoms with Crippen molar-refractivity contribution in [3.05, 3.63) is 85.5 Å². The summed E-state index contributed by atoms with van der Waals surface area (Å²) in [5, 5.41) is 2.40. The third kappa shape index (κ3) is 5.08. The molecule has 0 aromatic heterocycles. The first-order valence-corrected chi connectivity index (χ1v) is 12.6. The van der Waals surface area contributed by atoms with Gasteiger partial charge < -0.3 is 13.9 Å². The van der Waals surface area contributed by atoms with Gasteiger partial charge >= 0.3 is 0 Å². The second-order valence-corrected chi connectivity index (χ2v) is 13.0. The molecule has 0 amide bonds. The third-order valence-electron chi connectivity index (χ3n) is 5.59. The molecule has 162 valence electrons. The topological polar surface area (TPSA) is 27.7 Å². The molecule has 0 fully saturated rings. The van der Waals surface area contributed by atoms with Crippen LogP contribution in [0.3, 0.4) is 0 Å². The van der Waals surface area contributed by atoms with Crippen molar-refractivity contribution in [1.29, 1.82) is 0 Å². The van der Waals surface area contributed by atoms with Gasteiger partial charge in [0.1, 0.15) is 12.2 Å². The standard InChI is InChI=1S/C27H32O3Si/c1-6-20-28-26-19-18-22(30-25(26)7-2)21-29-31(27(3,4)5,23-14-10-8-11-15-23)24-16-12-9-13-17-24/h2,6,8-19,22,25-26H,1,20-21H2,3-5H3/t22-,25+,26+/m0/s1. The van der Waals surface area contributed by atoms with Crippen molar-refractivity contribution in [2.45, 2.75) is 44.1 Å². The van der Waals surface area contributed by atoms with E-state index in [2.05, 4.69) is 81.8 Å². The summed E-state index contributed by atoms with van der Waals surface area (Å²) in [6.07, 6.45) is 10.5.